The van der Waals surface area contributed by atoms with E-state index in [2.05, 4.69) is 5.32 Å². The molecule has 1 atom stereocenters. The Kier molecular flexibility index (Phi) is 4.53. The lowest BCUT2D eigenvalue weighted by atomic mass is 9.95. The summed E-state index contributed by atoms with van der Waals surface area (Å²) in [7, 11) is 0. The van der Waals surface area contributed by atoms with Gasteiger partial charge < -0.3 is 5.32 Å². The molecule has 1 aliphatic carbocycles. The number of carbonyl (C=O) groups is 2. The Morgan fingerprint density at radius 3 is 2.22 bits per heavy atom. The zero-order chi connectivity index (χ0) is 16.6. The highest BCUT2D eigenvalue weighted by Gasteiger charge is 2.41. The summed E-state index contributed by atoms with van der Waals surface area (Å²) in [5, 5.41) is 3.44. The van der Waals surface area contributed by atoms with Crippen molar-refractivity contribution in [2.24, 2.45) is 0 Å². The number of carbonyl (C=O) groups excluding carboxylic acids is 2. The van der Waals surface area contributed by atoms with Crippen molar-refractivity contribution in [3.05, 3.63) is 28.8 Å². The molecule has 1 aliphatic heterocycles. The molecule has 4 nitrogen and oxygen atoms in total. The van der Waals surface area contributed by atoms with Crippen LogP contribution in [0.15, 0.2) is 12.1 Å². The first-order chi connectivity index (χ1) is 11.0. The molecule has 0 spiro atoms. The molecule has 1 unspecified atom stereocenters. The molecule has 1 aromatic rings. The lowest BCUT2D eigenvalue weighted by Crippen LogP contribution is -2.44. The van der Waals surface area contributed by atoms with Gasteiger partial charge in [-0.2, -0.15) is 0 Å². The van der Waals surface area contributed by atoms with Crippen LogP contribution in [-0.4, -0.2) is 23.9 Å². The third-order valence-corrected chi connectivity index (χ3v) is 5.05. The van der Waals surface area contributed by atoms with E-state index in [-0.39, 0.29) is 24.3 Å². The molecular weight excluding hydrogens is 288 g/mol. The number of benzene rings is 1. The van der Waals surface area contributed by atoms with Crippen LogP contribution in [0.4, 0.5) is 5.69 Å². The summed E-state index contributed by atoms with van der Waals surface area (Å²) in [6, 6.07) is 4.09. The number of hydrogen-bond acceptors (Lipinski definition) is 3. The maximum Gasteiger partial charge on any atom is 0.251 e. The number of amides is 2. The van der Waals surface area contributed by atoms with Crippen molar-refractivity contribution < 1.29 is 9.59 Å². The van der Waals surface area contributed by atoms with E-state index in [4.69, 9.17) is 0 Å². The number of rotatable bonds is 3. The zero-order valence-electron chi connectivity index (χ0n) is 14.3. The topological polar surface area (TPSA) is 49.4 Å². The highest BCUT2D eigenvalue weighted by molar-refractivity contribution is 6.23. The Hall–Kier alpha value is -1.68. The Morgan fingerprint density at radius 2 is 1.61 bits per heavy atom. The van der Waals surface area contributed by atoms with Crippen LogP contribution in [0.2, 0.25) is 0 Å². The fraction of sp³-hybridized carbons (Fsp3) is 0.579. The van der Waals surface area contributed by atoms with Crippen molar-refractivity contribution in [1.82, 2.24) is 5.32 Å². The van der Waals surface area contributed by atoms with E-state index in [1.54, 1.807) is 0 Å². The van der Waals surface area contributed by atoms with Gasteiger partial charge in [-0.1, -0.05) is 37.0 Å². The number of nitrogens with one attached hydrogen (secondary N) is 1. The molecule has 1 saturated heterocycles. The monoisotopic (exact) mass is 314 g/mol. The van der Waals surface area contributed by atoms with E-state index >= 15 is 0 Å². The third-order valence-electron chi connectivity index (χ3n) is 5.05. The summed E-state index contributed by atoms with van der Waals surface area (Å²) in [6.45, 7) is 5.97. The van der Waals surface area contributed by atoms with Crippen molar-refractivity contribution in [3.8, 4) is 0 Å². The van der Waals surface area contributed by atoms with E-state index in [0.717, 1.165) is 35.2 Å². The number of imide groups is 1. The molecule has 1 saturated carbocycles. The van der Waals surface area contributed by atoms with Crippen LogP contribution in [0.25, 0.3) is 0 Å². The van der Waals surface area contributed by atoms with Gasteiger partial charge in [0.2, 0.25) is 5.91 Å². The molecule has 3 rings (SSSR count). The van der Waals surface area contributed by atoms with Crippen LogP contribution in [0.1, 0.15) is 55.2 Å². The van der Waals surface area contributed by atoms with Crippen LogP contribution in [0, 0.1) is 20.8 Å². The number of aryl methyl sites for hydroxylation is 3. The van der Waals surface area contributed by atoms with Gasteiger partial charge in [-0.05, 0) is 44.7 Å². The molecule has 0 aromatic heterocycles. The second-order valence-corrected chi connectivity index (χ2v) is 7.07. The molecule has 0 radical (unpaired) electrons. The summed E-state index contributed by atoms with van der Waals surface area (Å²) in [6.07, 6.45) is 6.21. The third kappa shape index (κ3) is 3.18. The molecule has 2 fully saturated rings. The molecule has 4 heteroatoms. The molecule has 1 heterocycles. The van der Waals surface area contributed by atoms with Crippen molar-refractivity contribution in [3.63, 3.8) is 0 Å². The van der Waals surface area contributed by atoms with Gasteiger partial charge in [0.1, 0.15) is 0 Å². The Labute approximate surface area is 138 Å². The van der Waals surface area contributed by atoms with Crippen molar-refractivity contribution in [2.75, 3.05) is 4.90 Å². The van der Waals surface area contributed by atoms with Crippen LogP contribution in [0.3, 0.4) is 0 Å². The summed E-state index contributed by atoms with van der Waals surface area (Å²) in [4.78, 5) is 26.7. The minimum atomic E-state index is -0.356. The van der Waals surface area contributed by atoms with E-state index < -0.39 is 0 Å². The van der Waals surface area contributed by atoms with Gasteiger partial charge in [0.15, 0.2) is 0 Å². The van der Waals surface area contributed by atoms with Crippen LogP contribution < -0.4 is 10.2 Å². The number of nitrogens with zero attached hydrogens (tertiary/aromatic N) is 1. The predicted molar refractivity (Wildman–Crippen MR) is 91.6 cm³/mol. The predicted octanol–water partition coefficient (Wildman–Crippen LogP) is 3.17. The quantitative estimate of drug-likeness (QED) is 0.872. The summed E-state index contributed by atoms with van der Waals surface area (Å²) in [5.41, 5.74) is 3.91. The van der Waals surface area contributed by atoms with Crippen LogP contribution >= 0.6 is 0 Å². The maximum atomic E-state index is 12.8. The van der Waals surface area contributed by atoms with Crippen molar-refractivity contribution in [2.45, 2.75) is 71.4 Å². The van der Waals surface area contributed by atoms with Gasteiger partial charge in [-0.15, -0.1) is 0 Å². The van der Waals surface area contributed by atoms with Gasteiger partial charge in [-0.3, -0.25) is 9.59 Å². The summed E-state index contributed by atoms with van der Waals surface area (Å²) >= 11 is 0. The highest BCUT2D eigenvalue weighted by Crippen LogP contribution is 2.31. The Balaban J connectivity index is 1.81. The normalized spacial score (nSPS) is 22.9. The molecule has 0 bridgehead atoms. The lowest BCUT2D eigenvalue weighted by Gasteiger charge is -2.26. The standard InChI is InChI=1S/C19H26N2O2/c1-12-9-13(2)18(14(3)10-12)21-17(22)11-16(19(21)23)20-15-7-5-4-6-8-15/h9-10,15-16,20H,4-8,11H2,1-3H3. The first-order valence-electron chi connectivity index (χ1n) is 8.68. The van der Waals surface area contributed by atoms with E-state index in [1.807, 2.05) is 32.9 Å². The van der Waals surface area contributed by atoms with E-state index in [0.29, 0.717) is 6.04 Å². The zero-order valence-corrected chi connectivity index (χ0v) is 14.3. The summed E-state index contributed by atoms with van der Waals surface area (Å²) < 4.78 is 0. The van der Waals surface area contributed by atoms with Crippen LogP contribution in [0.5, 0.6) is 0 Å². The first kappa shape index (κ1) is 16.2. The average molecular weight is 314 g/mol. The molecule has 2 amide bonds. The number of hydrogen-bond donors (Lipinski definition) is 1. The average Bonchev–Trinajstić information content (AvgIpc) is 2.75. The first-order valence-corrected chi connectivity index (χ1v) is 8.68. The fourth-order valence-electron chi connectivity index (χ4n) is 4.08. The van der Waals surface area contributed by atoms with Gasteiger partial charge >= 0.3 is 0 Å². The highest BCUT2D eigenvalue weighted by atomic mass is 16.2. The van der Waals surface area contributed by atoms with Crippen molar-refractivity contribution >= 4 is 17.5 Å². The summed E-state index contributed by atoms with van der Waals surface area (Å²) in [5.74, 6) is -0.172. The van der Waals surface area contributed by atoms with Crippen LogP contribution in [-0.2, 0) is 9.59 Å². The number of anilines is 1. The minimum absolute atomic E-state index is 0.0848. The second kappa shape index (κ2) is 6.44. The molecule has 23 heavy (non-hydrogen) atoms. The van der Waals surface area contributed by atoms with Crippen molar-refractivity contribution in [1.29, 1.82) is 0 Å². The molecule has 1 N–H and O–H groups in total. The Morgan fingerprint density at radius 1 is 1.00 bits per heavy atom. The van der Waals surface area contributed by atoms with Gasteiger partial charge in [0.05, 0.1) is 18.2 Å². The largest absolute Gasteiger partial charge is 0.303 e. The van der Waals surface area contributed by atoms with Gasteiger partial charge in [0, 0.05) is 6.04 Å². The SMILES string of the molecule is Cc1cc(C)c(N2C(=O)CC(NC3CCCCC3)C2=O)c(C)c1. The molecule has 1 aromatic carbocycles. The molecule has 2 aliphatic rings. The van der Waals surface area contributed by atoms with Gasteiger partial charge in [-0.25, -0.2) is 4.90 Å². The minimum Gasteiger partial charge on any atom is -0.303 e. The lowest BCUT2D eigenvalue weighted by molar-refractivity contribution is -0.121. The fourth-order valence-corrected chi connectivity index (χ4v) is 4.08. The second-order valence-electron chi connectivity index (χ2n) is 7.07. The van der Waals surface area contributed by atoms with Gasteiger partial charge in [0.25, 0.3) is 5.91 Å². The van der Waals surface area contributed by atoms with E-state index in [9.17, 15) is 9.59 Å². The smallest absolute Gasteiger partial charge is 0.251 e. The molecule has 124 valence electrons. The van der Waals surface area contributed by atoms with E-state index in [1.165, 1.54) is 24.2 Å². The maximum absolute atomic E-state index is 12.8. The Bertz CT molecular complexity index is 609. The molecular formula is C19H26N2O2.